The van der Waals surface area contributed by atoms with Crippen molar-refractivity contribution in [2.24, 2.45) is 17.6 Å². The van der Waals surface area contributed by atoms with E-state index in [4.69, 9.17) is 24.7 Å². The van der Waals surface area contributed by atoms with E-state index < -0.39 is 0 Å². The summed E-state index contributed by atoms with van der Waals surface area (Å²) in [6.45, 7) is 10.5. The van der Waals surface area contributed by atoms with Gasteiger partial charge in [-0.2, -0.15) is 0 Å². The molecule has 514 valence electrons. The highest BCUT2D eigenvalue weighted by Gasteiger charge is 2.33. The van der Waals surface area contributed by atoms with Crippen LogP contribution < -0.4 is 5.73 Å². The van der Waals surface area contributed by atoms with E-state index in [0.29, 0.717) is 30.1 Å². The first kappa shape index (κ1) is 81.9. The average Bonchev–Trinajstić information content (AvgIpc) is 3.73. The molecule has 0 spiro atoms. The molecule has 86 heavy (non-hydrogen) atoms. The van der Waals surface area contributed by atoms with Crippen molar-refractivity contribution >= 4 is 0 Å². The zero-order chi connectivity index (χ0) is 61.0. The van der Waals surface area contributed by atoms with Crippen molar-refractivity contribution in [2.75, 3.05) is 39.6 Å². The van der Waals surface area contributed by atoms with Crippen LogP contribution in [0.1, 0.15) is 450 Å². The lowest BCUT2D eigenvalue weighted by Gasteiger charge is -2.38. The molecule has 2 N–H and O–H groups in total. The van der Waals surface area contributed by atoms with Gasteiger partial charge in [0.25, 0.3) is 0 Å². The quantitative estimate of drug-likeness (QED) is 0.0615. The van der Waals surface area contributed by atoms with Gasteiger partial charge in [0.1, 0.15) is 0 Å². The molecule has 0 atom stereocenters. The van der Waals surface area contributed by atoms with Crippen molar-refractivity contribution in [3.8, 4) is 0 Å². The van der Waals surface area contributed by atoms with Crippen molar-refractivity contribution in [1.29, 1.82) is 0 Å². The Hall–Kier alpha value is -0.200. The number of hydrogen-bond donors (Lipinski definition) is 1. The predicted octanol–water partition coefficient (Wildman–Crippen LogP) is 26.9. The number of hydrogen-bond acceptors (Lipinski definition) is 5. The second kappa shape index (κ2) is 69.1. The normalized spacial score (nSPS) is 17.8. The highest BCUT2D eigenvalue weighted by Crippen LogP contribution is 2.36. The van der Waals surface area contributed by atoms with Crippen LogP contribution in [-0.4, -0.2) is 57.9 Å². The van der Waals surface area contributed by atoms with E-state index in [9.17, 15) is 0 Å². The fraction of sp³-hybridized carbons (Fsp3) is 1.00. The summed E-state index contributed by atoms with van der Waals surface area (Å²) in [5.41, 5.74) is 6.99. The van der Waals surface area contributed by atoms with Gasteiger partial charge in [0.2, 0.25) is 0 Å². The van der Waals surface area contributed by atoms with Gasteiger partial charge in [-0.3, -0.25) is 0 Å². The molecule has 0 amide bonds. The Labute approximate surface area is 542 Å². The van der Waals surface area contributed by atoms with Crippen molar-refractivity contribution in [3.63, 3.8) is 0 Å². The van der Waals surface area contributed by atoms with Gasteiger partial charge in [0.05, 0.1) is 12.2 Å². The minimum atomic E-state index is 0.376. The molecule has 2 aliphatic carbocycles. The molecular weight excluding hydrogens is 1050 g/mol. The minimum Gasteiger partial charge on any atom is -0.381 e. The summed E-state index contributed by atoms with van der Waals surface area (Å²) < 4.78 is 24.7. The largest absolute Gasteiger partial charge is 0.381 e. The molecule has 0 aromatic carbocycles. The summed E-state index contributed by atoms with van der Waals surface area (Å²) in [7, 11) is 0. The summed E-state index contributed by atoms with van der Waals surface area (Å²) in [5.74, 6) is 1.39. The molecular formula is C81H161NO4. The van der Waals surface area contributed by atoms with Gasteiger partial charge in [-0.05, 0) is 102 Å². The zero-order valence-electron chi connectivity index (χ0n) is 59.4. The highest BCUT2D eigenvalue weighted by atomic mass is 16.5. The first-order chi connectivity index (χ1) is 42.7. The van der Waals surface area contributed by atoms with E-state index in [1.54, 1.807) is 0 Å². The van der Waals surface area contributed by atoms with Gasteiger partial charge in [0.15, 0.2) is 0 Å². The van der Waals surface area contributed by atoms with E-state index in [1.807, 2.05) is 0 Å². The molecule has 2 rings (SSSR count). The molecule has 0 aromatic heterocycles. The molecule has 0 aliphatic heterocycles. The summed E-state index contributed by atoms with van der Waals surface area (Å²) in [6, 6.07) is 0.376. The molecule has 2 fully saturated rings. The minimum absolute atomic E-state index is 0.376. The fourth-order valence-corrected chi connectivity index (χ4v) is 14.7. The van der Waals surface area contributed by atoms with Crippen molar-refractivity contribution in [2.45, 2.75) is 469 Å². The molecule has 0 bridgehead atoms. The molecule has 0 aromatic rings. The van der Waals surface area contributed by atoms with E-state index in [0.717, 1.165) is 39.6 Å². The van der Waals surface area contributed by atoms with Crippen LogP contribution >= 0.6 is 0 Å². The van der Waals surface area contributed by atoms with Gasteiger partial charge in [-0.15, -0.1) is 0 Å². The van der Waals surface area contributed by atoms with E-state index >= 15 is 0 Å². The average molecular weight is 1210 g/mol. The monoisotopic (exact) mass is 1210 g/mol. The lowest BCUT2D eigenvalue weighted by molar-refractivity contribution is -0.00162. The van der Waals surface area contributed by atoms with Crippen LogP contribution in [-0.2, 0) is 18.9 Å². The van der Waals surface area contributed by atoms with Crippen LogP contribution in [0.2, 0.25) is 0 Å². The number of rotatable bonds is 72. The Morgan fingerprint density at radius 2 is 0.360 bits per heavy atom. The smallest absolute Gasteiger partial charge is 0.0575 e. The Bertz CT molecular complexity index is 1140. The van der Waals surface area contributed by atoms with Crippen molar-refractivity contribution < 1.29 is 18.9 Å². The molecule has 2 aliphatic rings. The molecule has 5 heteroatoms. The van der Waals surface area contributed by atoms with E-state index in [1.165, 1.54) is 437 Å². The van der Waals surface area contributed by atoms with Crippen molar-refractivity contribution in [1.82, 2.24) is 0 Å². The predicted molar refractivity (Wildman–Crippen MR) is 381 cm³/mol. The topological polar surface area (TPSA) is 62.9 Å². The van der Waals surface area contributed by atoms with Crippen LogP contribution in [0.4, 0.5) is 0 Å². The maximum absolute atomic E-state index is 6.99. The van der Waals surface area contributed by atoms with Crippen LogP contribution in [0.15, 0.2) is 0 Å². The van der Waals surface area contributed by atoms with Crippen LogP contribution in [0.3, 0.4) is 0 Å². The van der Waals surface area contributed by atoms with Crippen LogP contribution in [0.5, 0.6) is 0 Å². The maximum Gasteiger partial charge on any atom is 0.0575 e. The summed E-state index contributed by atoms with van der Waals surface area (Å²) in [4.78, 5) is 0. The molecule has 0 radical (unpaired) electrons. The zero-order valence-corrected chi connectivity index (χ0v) is 59.4. The summed E-state index contributed by atoms with van der Waals surface area (Å²) in [5, 5.41) is 0. The summed E-state index contributed by atoms with van der Waals surface area (Å²) >= 11 is 0. The number of nitrogens with two attached hydrogens (primary N) is 1. The van der Waals surface area contributed by atoms with Gasteiger partial charge in [0, 0.05) is 45.7 Å². The molecule has 0 unspecified atom stereocenters. The standard InChI is InChI=1S/C81H161NO4/c1-3-5-7-9-11-13-15-17-19-21-23-25-27-29-31-33-39-45-51-57-71-83-73-59-53-47-41-35-37-43-49-55-61-75-85-79-67-63-77(64-68-79)81(82)78-65-69-80(70-66-78)86-76-62-56-50-44-38-36-42-48-54-60-74-84-72-58-52-46-40-34-32-30-28-26-24-22-20-18-16-14-12-10-8-6-4-2/h77-81H,3-76,82H2,1-2H3. The number of unbranched alkanes of at least 4 members (excludes halogenated alkanes) is 56. The third-order valence-corrected chi connectivity index (χ3v) is 20.9. The third kappa shape index (κ3) is 57.7. The molecule has 0 saturated heterocycles. The van der Waals surface area contributed by atoms with Crippen molar-refractivity contribution in [3.05, 3.63) is 0 Å². The molecule has 2 saturated carbocycles. The van der Waals surface area contributed by atoms with Gasteiger partial charge < -0.3 is 24.7 Å². The lowest BCUT2D eigenvalue weighted by Crippen LogP contribution is -2.42. The van der Waals surface area contributed by atoms with Gasteiger partial charge in [-0.25, -0.2) is 0 Å². The SMILES string of the molecule is CCCCCCCCCCCCCCCCCCCCCCOCCCCCCCCCCCCOC1CCC(C(N)C2CCC(OCCCCCCCCCCCCOCCCCCCCCCCCCCCCCCCCCCC)CC2)CC1. The summed E-state index contributed by atoms with van der Waals surface area (Å²) in [6.07, 6.45) is 95.7. The Kier molecular flexibility index (Phi) is 65.8. The third-order valence-electron chi connectivity index (χ3n) is 20.9. The van der Waals surface area contributed by atoms with Crippen LogP contribution in [0.25, 0.3) is 0 Å². The Balaban J connectivity index is 1.19. The highest BCUT2D eigenvalue weighted by molar-refractivity contribution is 4.88. The lowest BCUT2D eigenvalue weighted by atomic mass is 9.73. The first-order valence-corrected chi connectivity index (χ1v) is 40.9. The Morgan fingerprint density at radius 1 is 0.209 bits per heavy atom. The maximum atomic E-state index is 6.99. The van der Waals surface area contributed by atoms with Crippen LogP contribution in [0, 0.1) is 11.8 Å². The first-order valence-electron chi connectivity index (χ1n) is 40.9. The van der Waals surface area contributed by atoms with Gasteiger partial charge >= 0.3 is 0 Å². The van der Waals surface area contributed by atoms with E-state index in [2.05, 4.69) is 13.8 Å². The molecule has 5 nitrogen and oxygen atoms in total. The second-order valence-corrected chi connectivity index (χ2v) is 29.1. The van der Waals surface area contributed by atoms with E-state index in [-0.39, 0.29) is 0 Å². The second-order valence-electron chi connectivity index (χ2n) is 29.1. The fourth-order valence-electron chi connectivity index (χ4n) is 14.7. The number of ether oxygens (including phenoxy) is 4. The molecule has 0 heterocycles. The van der Waals surface area contributed by atoms with Gasteiger partial charge in [-0.1, -0.05) is 361 Å². The Morgan fingerprint density at radius 3 is 0.535 bits per heavy atom.